The second-order valence-corrected chi connectivity index (χ2v) is 10.5. The zero-order valence-electron chi connectivity index (χ0n) is 23.1. The smallest absolute Gasteiger partial charge is 0.325 e. The van der Waals surface area contributed by atoms with E-state index in [2.05, 4.69) is 5.32 Å². The number of hydrogen-bond acceptors (Lipinski definition) is 6. The number of carboxylic acid groups (broad SMARTS) is 1. The Balaban J connectivity index is 1.33. The van der Waals surface area contributed by atoms with Crippen LogP contribution in [-0.4, -0.2) is 63.5 Å². The second-order valence-electron chi connectivity index (χ2n) is 10.5. The molecule has 1 unspecified atom stereocenters. The van der Waals surface area contributed by atoms with Crippen LogP contribution in [0, 0.1) is 13.8 Å². The lowest BCUT2D eigenvalue weighted by Crippen LogP contribution is -2.65. The lowest BCUT2D eigenvalue weighted by Gasteiger charge is -2.45. The van der Waals surface area contributed by atoms with Gasteiger partial charge in [-0.2, -0.15) is 0 Å². The molecule has 2 heterocycles. The van der Waals surface area contributed by atoms with Crippen LogP contribution in [0.5, 0.6) is 0 Å². The number of para-hydroxylation sites is 1. The van der Waals surface area contributed by atoms with Crippen molar-refractivity contribution >= 4 is 17.6 Å². The number of carbonyl (C=O) groups is 2. The number of carbonyl (C=O) groups excluding carboxylic acids is 1. The Morgan fingerprint density at radius 1 is 0.925 bits per heavy atom. The predicted octanol–water partition coefficient (Wildman–Crippen LogP) is 5.23. The SMILES string of the molecule is Cc1cccc(C)c1NC(=O)CN1CCN(Cc2nc(-c3ccccc3)c(-c3ccccc3)o2)CC1(C)C(=O)O. The number of aryl methyl sites for hydroxylation is 2. The summed E-state index contributed by atoms with van der Waals surface area (Å²) in [7, 11) is 0. The monoisotopic (exact) mass is 538 g/mol. The molecule has 8 heteroatoms. The van der Waals surface area contributed by atoms with Crippen molar-refractivity contribution < 1.29 is 19.1 Å². The molecular formula is C32H34N4O4. The number of anilines is 1. The third-order valence-electron chi connectivity index (χ3n) is 7.57. The van der Waals surface area contributed by atoms with Gasteiger partial charge in [0.2, 0.25) is 11.8 Å². The minimum atomic E-state index is -1.26. The second kappa shape index (κ2) is 11.5. The Morgan fingerprint density at radius 3 is 2.17 bits per heavy atom. The maximum absolute atomic E-state index is 13.0. The topological polar surface area (TPSA) is 98.9 Å². The van der Waals surface area contributed by atoms with Crippen molar-refractivity contribution in [3.05, 3.63) is 95.9 Å². The summed E-state index contributed by atoms with van der Waals surface area (Å²) in [6.07, 6.45) is 0. The Labute approximate surface area is 234 Å². The van der Waals surface area contributed by atoms with Crippen molar-refractivity contribution in [3.8, 4) is 22.6 Å². The number of benzene rings is 3. The molecule has 2 N–H and O–H groups in total. The first-order valence-corrected chi connectivity index (χ1v) is 13.4. The number of piperazine rings is 1. The number of hydrogen-bond donors (Lipinski definition) is 2. The summed E-state index contributed by atoms with van der Waals surface area (Å²) < 4.78 is 6.29. The van der Waals surface area contributed by atoms with Gasteiger partial charge in [-0.05, 0) is 31.9 Å². The molecule has 1 saturated heterocycles. The Morgan fingerprint density at radius 2 is 1.55 bits per heavy atom. The zero-order chi connectivity index (χ0) is 28.3. The number of nitrogens with one attached hydrogen (secondary N) is 1. The van der Waals surface area contributed by atoms with Crippen molar-refractivity contribution in [2.24, 2.45) is 0 Å². The molecule has 8 nitrogen and oxygen atoms in total. The van der Waals surface area contributed by atoms with E-state index in [1.807, 2.05) is 97.6 Å². The number of carboxylic acids is 1. The van der Waals surface area contributed by atoms with E-state index < -0.39 is 11.5 Å². The molecule has 1 fully saturated rings. The largest absolute Gasteiger partial charge is 0.480 e. The van der Waals surface area contributed by atoms with E-state index in [1.54, 1.807) is 11.8 Å². The van der Waals surface area contributed by atoms with Gasteiger partial charge in [0.25, 0.3) is 0 Å². The third kappa shape index (κ3) is 5.68. The summed E-state index contributed by atoms with van der Waals surface area (Å²) in [5, 5.41) is 13.2. The summed E-state index contributed by atoms with van der Waals surface area (Å²) in [6, 6.07) is 25.6. The average molecular weight is 539 g/mol. The molecule has 0 saturated carbocycles. The van der Waals surface area contributed by atoms with Gasteiger partial charge in [0.15, 0.2) is 5.76 Å². The molecule has 0 spiro atoms. The minimum Gasteiger partial charge on any atom is -0.480 e. The maximum atomic E-state index is 13.0. The Bertz CT molecular complexity index is 1420. The number of amides is 1. The van der Waals surface area contributed by atoms with Crippen LogP contribution in [0.1, 0.15) is 23.9 Å². The van der Waals surface area contributed by atoms with Crippen molar-refractivity contribution in [2.45, 2.75) is 32.9 Å². The molecule has 0 bridgehead atoms. The number of aliphatic carboxylic acids is 1. The summed E-state index contributed by atoms with van der Waals surface area (Å²) in [4.78, 5) is 34.1. The van der Waals surface area contributed by atoms with Crippen molar-refractivity contribution in [3.63, 3.8) is 0 Å². The summed E-state index contributed by atoms with van der Waals surface area (Å²) in [5.74, 6) is 0.00160. The molecule has 1 amide bonds. The summed E-state index contributed by atoms with van der Waals surface area (Å²) >= 11 is 0. The van der Waals surface area contributed by atoms with Gasteiger partial charge in [-0.3, -0.25) is 19.4 Å². The van der Waals surface area contributed by atoms with Crippen LogP contribution in [0.25, 0.3) is 22.6 Å². The van der Waals surface area contributed by atoms with Gasteiger partial charge >= 0.3 is 5.97 Å². The highest BCUT2D eigenvalue weighted by Crippen LogP contribution is 2.33. The van der Waals surface area contributed by atoms with Gasteiger partial charge in [-0.1, -0.05) is 78.9 Å². The van der Waals surface area contributed by atoms with Gasteiger partial charge < -0.3 is 14.8 Å². The Kier molecular flexibility index (Phi) is 7.82. The van der Waals surface area contributed by atoms with Crippen LogP contribution in [-0.2, 0) is 16.1 Å². The fourth-order valence-electron chi connectivity index (χ4n) is 5.28. The lowest BCUT2D eigenvalue weighted by molar-refractivity contribution is -0.156. The van der Waals surface area contributed by atoms with Crippen molar-refractivity contribution in [1.29, 1.82) is 0 Å². The van der Waals surface area contributed by atoms with Gasteiger partial charge in [0.1, 0.15) is 11.2 Å². The fourth-order valence-corrected chi connectivity index (χ4v) is 5.28. The summed E-state index contributed by atoms with van der Waals surface area (Å²) in [5.41, 5.74) is 4.08. The molecule has 1 aromatic heterocycles. The van der Waals surface area contributed by atoms with Crippen LogP contribution in [0.2, 0.25) is 0 Å². The van der Waals surface area contributed by atoms with Gasteiger partial charge in [-0.15, -0.1) is 0 Å². The Hall–Kier alpha value is -4.27. The summed E-state index contributed by atoms with van der Waals surface area (Å²) in [6.45, 7) is 7.12. The van der Waals surface area contributed by atoms with Gasteiger partial charge in [0.05, 0.1) is 13.1 Å². The molecule has 4 aromatic rings. The van der Waals surface area contributed by atoms with Crippen LogP contribution < -0.4 is 5.32 Å². The quantitative estimate of drug-likeness (QED) is 0.317. The molecule has 1 atom stereocenters. The fraction of sp³-hybridized carbons (Fsp3) is 0.281. The first-order valence-electron chi connectivity index (χ1n) is 13.4. The van der Waals surface area contributed by atoms with E-state index in [4.69, 9.17) is 9.40 Å². The molecule has 0 radical (unpaired) electrons. The maximum Gasteiger partial charge on any atom is 0.325 e. The first-order chi connectivity index (χ1) is 19.2. The number of aromatic nitrogens is 1. The first kappa shape index (κ1) is 27.3. The third-order valence-corrected chi connectivity index (χ3v) is 7.57. The zero-order valence-corrected chi connectivity index (χ0v) is 23.1. The number of rotatable bonds is 8. The number of nitrogens with zero attached hydrogens (tertiary/aromatic N) is 3. The van der Waals surface area contributed by atoms with Gasteiger partial charge in [0, 0.05) is 36.4 Å². The molecule has 0 aliphatic carbocycles. The lowest BCUT2D eigenvalue weighted by atomic mass is 9.96. The van der Waals surface area contributed by atoms with Crippen LogP contribution in [0.15, 0.2) is 83.3 Å². The highest BCUT2D eigenvalue weighted by atomic mass is 16.4. The van der Waals surface area contributed by atoms with E-state index in [0.717, 1.165) is 33.6 Å². The molecule has 1 aliphatic rings. The van der Waals surface area contributed by atoms with E-state index in [1.165, 1.54) is 0 Å². The molecule has 3 aromatic carbocycles. The molecule has 206 valence electrons. The number of oxazole rings is 1. The van der Waals surface area contributed by atoms with E-state index >= 15 is 0 Å². The van der Waals surface area contributed by atoms with E-state index in [-0.39, 0.29) is 19.0 Å². The van der Waals surface area contributed by atoms with Crippen LogP contribution in [0.3, 0.4) is 0 Å². The normalized spacial score (nSPS) is 18.0. The van der Waals surface area contributed by atoms with E-state index in [0.29, 0.717) is 31.3 Å². The van der Waals surface area contributed by atoms with Crippen LogP contribution in [0.4, 0.5) is 5.69 Å². The van der Waals surface area contributed by atoms with Crippen LogP contribution >= 0.6 is 0 Å². The predicted molar refractivity (Wildman–Crippen MR) is 155 cm³/mol. The van der Waals surface area contributed by atoms with E-state index in [9.17, 15) is 14.7 Å². The average Bonchev–Trinajstić information content (AvgIpc) is 3.37. The van der Waals surface area contributed by atoms with Crippen molar-refractivity contribution in [1.82, 2.24) is 14.8 Å². The molecule has 40 heavy (non-hydrogen) atoms. The standard InChI is InChI=1S/C32H34N4O4/c1-22-11-10-12-23(2)28(22)33-26(37)19-36-18-17-35(21-32(36,3)31(38)39)20-27-34-29(24-13-6-4-7-14-24)30(40-27)25-15-8-5-9-16-25/h4-16H,17-21H2,1-3H3,(H,33,37)(H,38,39). The highest BCUT2D eigenvalue weighted by Gasteiger charge is 2.45. The molecule has 5 rings (SSSR count). The van der Waals surface area contributed by atoms with Gasteiger partial charge in [-0.25, -0.2) is 4.98 Å². The minimum absolute atomic E-state index is 0.0142. The highest BCUT2D eigenvalue weighted by molar-refractivity contribution is 5.94. The molecule has 1 aliphatic heterocycles. The van der Waals surface area contributed by atoms with Crippen molar-refractivity contribution in [2.75, 3.05) is 31.5 Å². The molecular weight excluding hydrogens is 504 g/mol.